The van der Waals surface area contributed by atoms with E-state index < -0.39 is 5.97 Å². The highest BCUT2D eigenvalue weighted by molar-refractivity contribution is 8.26. The normalized spacial score (nSPS) is 16.1. The minimum absolute atomic E-state index is 0.143. The quantitative estimate of drug-likeness (QED) is 0.462. The molecule has 1 aliphatic heterocycles. The van der Waals surface area contributed by atoms with Crippen LogP contribution in [0.1, 0.15) is 12.5 Å². The lowest BCUT2D eigenvalue weighted by Crippen LogP contribution is -2.34. The maximum Gasteiger partial charge on any atom is 0.326 e. The molecule has 1 aromatic rings. The summed E-state index contributed by atoms with van der Waals surface area (Å²) in [6.45, 7) is 1.86. The number of thiocarbonyl (C=S) groups is 1. The first-order valence-corrected chi connectivity index (χ1v) is 8.33. The van der Waals surface area contributed by atoms with Gasteiger partial charge >= 0.3 is 5.97 Å². The van der Waals surface area contributed by atoms with Crippen LogP contribution < -0.4 is 4.90 Å². The van der Waals surface area contributed by atoms with Gasteiger partial charge in [-0.25, -0.2) is 0 Å². The van der Waals surface area contributed by atoms with Crippen molar-refractivity contribution in [3.8, 4) is 0 Å². The van der Waals surface area contributed by atoms with Gasteiger partial charge in [0.05, 0.1) is 11.5 Å². The topological polar surface area (TPSA) is 49.9 Å². The molecule has 2 rings (SSSR count). The average molecular weight is 350 g/mol. The first-order valence-electron chi connectivity index (χ1n) is 7.10. The first kappa shape index (κ1) is 17.5. The zero-order chi connectivity index (χ0) is 17.0. The van der Waals surface area contributed by atoms with E-state index in [0.717, 1.165) is 11.3 Å². The summed E-state index contributed by atoms with van der Waals surface area (Å²) in [7, 11) is 3.94. The summed E-state index contributed by atoms with van der Waals surface area (Å²) in [6.07, 6.45) is 1.78. The molecule has 0 saturated carbocycles. The van der Waals surface area contributed by atoms with Crippen molar-refractivity contribution in [3.63, 3.8) is 0 Å². The Balaban J connectivity index is 2.13. The molecule has 0 radical (unpaired) electrons. The summed E-state index contributed by atoms with van der Waals surface area (Å²) in [4.78, 5) is 27.7. The van der Waals surface area contributed by atoms with E-state index in [-0.39, 0.29) is 19.1 Å². The lowest BCUT2D eigenvalue weighted by atomic mass is 10.2. The molecule has 0 aromatic heterocycles. The molecule has 0 N–H and O–H groups in total. The Morgan fingerprint density at radius 2 is 2.00 bits per heavy atom. The number of rotatable bonds is 5. The van der Waals surface area contributed by atoms with Gasteiger partial charge in [0.25, 0.3) is 5.91 Å². The largest absolute Gasteiger partial charge is 0.465 e. The highest BCUT2D eigenvalue weighted by Gasteiger charge is 2.33. The van der Waals surface area contributed by atoms with Gasteiger partial charge in [0.2, 0.25) is 0 Å². The van der Waals surface area contributed by atoms with Crippen molar-refractivity contribution in [3.05, 3.63) is 34.7 Å². The fourth-order valence-electron chi connectivity index (χ4n) is 1.99. The lowest BCUT2D eigenvalue weighted by molar-refractivity contribution is -0.145. The summed E-state index contributed by atoms with van der Waals surface area (Å²) in [5, 5.41) is 0. The van der Waals surface area contributed by atoms with Crippen LogP contribution >= 0.6 is 24.0 Å². The zero-order valence-electron chi connectivity index (χ0n) is 13.2. The van der Waals surface area contributed by atoms with Crippen LogP contribution in [0.5, 0.6) is 0 Å². The second kappa shape index (κ2) is 7.61. The van der Waals surface area contributed by atoms with Gasteiger partial charge in [-0.3, -0.25) is 14.5 Å². The van der Waals surface area contributed by atoms with Crippen molar-refractivity contribution in [2.75, 3.05) is 32.1 Å². The maximum atomic E-state index is 12.4. The van der Waals surface area contributed by atoms with E-state index in [4.69, 9.17) is 17.0 Å². The number of benzene rings is 1. The van der Waals surface area contributed by atoms with Gasteiger partial charge in [0.1, 0.15) is 10.9 Å². The summed E-state index contributed by atoms with van der Waals surface area (Å²) in [6, 6.07) is 7.83. The van der Waals surface area contributed by atoms with Gasteiger partial charge in [-0.05, 0) is 30.7 Å². The lowest BCUT2D eigenvalue weighted by Gasteiger charge is -2.13. The number of hydrogen-bond donors (Lipinski definition) is 0. The van der Waals surface area contributed by atoms with E-state index in [9.17, 15) is 9.59 Å². The molecule has 1 saturated heterocycles. The minimum atomic E-state index is -0.458. The van der Waals surface area contributed by atoms with E-state index in [2.05, 4.69) is 0 Å². The molecule has 7 heteroatoms. The van der Waals surface area contributed by atoms with E-state index in [1.54, 1.807) is 13.0 Å². The Labute approximate surface area is 145 Å². The highest BCUT2D eigenvalue weighted by Crippen LogP contribution is 2.32. The molecule has 0 unspecified atom stereocenters. The van der Waals surface area contributed by atoms with E-state index >= 15 is 0 Å². The molecule has 0 atom stereocenters. The number of ether oxygens (including phenoxy) is 1. The number of anilines is 1. The Kier molecular flexibility index (Phi) is 5.79. The second-order valence-corrected chi connectivity index (χ2v) is 6.73. The molecule has 0 bridgehead atoms. The molecule has 23 heavy (non-hydrogen) atoms. The minimum Gasteiger partial charge on any atom is -0.465 e. The van der Waals surface area contributed by atoms with Crippen LogP contribution in [0.15, 0.2) is 29.2 Å². The number of thioether (sulfide) groups is 1. The molecule has 122 valence electrons. The van der Waals surface area contributed by atoms with Crippen LogP contribution in [-0.2, 0) is 14.3 Å². The van der Waals surface area contributed by atoms with Crippen LogP contribution in [0.2, 0.25) is 0 Å². The van der Waals surface area contributed by atoms with Crippen molar-refractivity contribution in [2.45, 2.75) is 6.92 Å². The van der Waals surface area contributed by atoms with Crippen molar-refractivity contribution in [1.29, 1.82) is 0 Å². The Hall–Kier alpha value is -1.86. The average Bonchev–Trinajstić information content (AvgIpc) is 2.76. The molecule has 1 heterocycles. The van der Waals surface area contributed by atoms with Crippen LogP contribution in [0.25, 0.3) is 6.08 Å². The molecular formula is C16H18N2O3S2. The Morgan fingerprint density at radius 1 is 1.35 bits per heavy atom. The Morgan fingerprint density at radius 3 is 2.57 bits per heavy atom. The molecule has 0 aliphatic carbocycles. The first-order chi connectivity index (χ1) is 10.9. The van der Waals surface area contributed by atoms with Crippen LogP contribution in [0.4, 0.5) is 5.69 Å². The second-order valence-electron chi connectivity index (χ2n) is 5.06. The number of amides is 1. The third kappa shape index (κ3) is 4.33. The van der Waals surface area contributed by atoms with Crippen molar-refractivity contribution in [2.24, 2.45) is 0 Å². The third-order valence-corrected chi connectivity index (χ3v) is 4.55. The van der Waals surface area contributed by atoms with E-state index in [1.165, 1.54) is 16.7 Å². The van der Waals surface area contributed by atoms with E-state index in [1.807, 2.05) is 43.3 Å². The van der Waals surface area contributed by atoms with Gasteiger partial charge in [0, 0.05) is 19.8 Å². The van der Waals surface area contributed by atoms with Crippen LogP contribution in [0.3, 0.4) is 0 Å². The fraction of sp³-hybridized carbons (Fsp3) is 0.312. The van der Waals surface area contributed by atoms with Crippen molar-refractivity contribution >= 4 is 51.9 Å². The summed E-state index contributed by atoms with van der Waals surface area (Å²) in [5.74, 6) is -0.717. The Bertz CT molecular complexity index is 654. The predicted octanol–water partition coefficient (Wildman–Crippen LogP) is 2.52. The number of nitrogens with zero attached hydrogens (tertiary/aromatic N) is 2. The van der Waals surface area contributed by atoms with Crippen molar-refractivity contribution in [1.82, 2.24) is 4.90 Å². The van der Waals surface area contributed by atoms with Crippen LogP contribution in [0, 0.1) is 0 Å². The molecule has 5 nitrogen and oxygen atoms in total. The van der Waals surface area contributed by atoms with E-state index in [0.29, 0.717) is 9.23 Å². The number of carbonyl (C=O) groups is 2. The maximum absolute atomic E-state index is 12.4. The monoisotopic (exact) mass is 350 g/mol. The number of hydrogen-bond acceptors (Lipinski definition) is 6. The van der Waals surface area contributed by atoms with Crippen LogP contribution in [-0.4, -0.2) is 48.3 Å². The summed E-state index contributed by atoms with van der Waals surface area (Å²) < 4.78 is 5.24. The molecular weight excluding hydrogens is 332 g/mol. The predicted molar refractivity (Wildman–Crippen MR) is 97.3 cm³/mol. The third-order valence-electron chi connectivity index (χ3n) is 3.17. The summed E-state index contributed by atoms with van der Waals surface area (Å²) in [5.41, 5.74) is 1.99. The van der Waals surface area contributed by atoms with Gasteiger partial charge in [-0.2, -0.15) is 0 Å². The highest BCUT2D eigenvalue weighted by atomic mass is 32.2. The number of esters is 1. The molecule has 1 fully saturated rings. The molecule has 1 amide bonds. The molecule has 1 aromatic carbocycles. The standard InChI is InChI=1S/C16H18N2O3S2/c1-4-21-14(19)10-18-15(20)13(23-16(18)22)9-11-5-7-12(8-6-11)17(2)3/h5-9H,4,10H2,1-3H3/b13-9+. The molecule has 0 spiro atoms. The van der Waals surface area contributed by atoms with Gasteiger partial charge in [-0.1, -0.05) is 36.1 Å². The number of carbonyl (C=O) groups excluding carboxylic acids is 2. The van der Waals surface area contributed by atoms with Crippen molar-refractivity contribution < 1.29 is 14.3 Å². The van der Waals surface area contributed by atoms with Gasteiger partial charge in [-0.15, -0.1) is 0 Å². The summed E-state index contributed by atoms with van der Waals surface area (Å²) >= 11 is 6.38. The van der Waals surface area contributed by atoms with Gasteiger partial charge in [0.15, 0.2) is 0 Å². The fourth-order valence-corrected chi connectivity index (χ4v) is 3.25. The zero-order valence-corrected chi connectivity index (χ0v) is 14.9. The SMILES string of the molecule is CCOC(=O)CN1C(=O)/C(=C\c2ccc(N(C)C)cc2)SC1=S. The van der Waals surface area contributed by atoms with Gasteiger partial charge < -0.3 is 9.64 Å². The molecule has 1 aliphatic rings. The smallest absolute Gasteiger partial charge is 0.326 e.